The Labute approximate surface area is 130 Å². The van der Waals surface area contributed by atoms with Gasteiger partial charge in [0.15, 0.2) is 4.34 Å². The lowest BCUT2D eigenvalue weighted by molar-refractivity contribution is -0.117. The maximum Gasteiger partial charge on any atom is 0.321 e. The lowest BCUT2D eigenvalue weighted by Crippen LogP contribution is -2.39. The first-order valence-electron chi connectivity index (χ1n) is 6.18. The highest BCUT2D eigenvalue weighted by atomic mass is 32.2. The van der Waals surface area contributed by atoms with Crippen molar-refractivity contribution in [3.63, 3.8) is 0 Å². The number of imide groups is 1. The van der Waals surface area contributed by atoms with E-state index in [0.717, 1.165) is 10.6 Å². The smallest absolute Gasteiger partial charge is 0.321 e. The van der Waals surface area contributed by atoms with E-state index in [9.17, 15) is 9.59 Å². The highest BCUT2D eigenvalue weighted by molar-refractivity contribution is 8.01. The van der Waals surface area contributed by atoms with Gasteiger partial charge >= 0.3 is 6.03 Å². The molecule has 2 N–H and O–H groups in total. The first-order chi connectivity index (χ1) is 10.1. The van der Waals surface area contributed by atoms with Crippen LogP contribution in [-0.4, -0.2) is 27.9 Å². The van der Waals surface area contributed by atoms with Crippen LogP contribution in [0.2, 0.25) is 0 Å². The van der Waals surface area contributed by atoms with Gasteiger partial charge in [0.05, 0.1) is 5.75 Å². The van der Waals surface area contributed by atoms with Gasteiger partial charge < -0.3 is 5.32 Å². The molecule has 0 aliphatic heterocycles. The van der Waals surface area contributed by atoms with E-state index in [0.29, 0.717) is 10.9 Å². The Kier molecular flexibility index (Phi) is 5.70. The Morgan fingerprint density at radius 3 is 2.67 bits per heavy atom. The number of nitrogens with zero attached hydrogens (tertiary/aromatic N) is 2. The fourth-order valence-electron chi connectivity index (χ4n) is 1.45. The number of urea groups is 1. The average Bonchev–Trinajstić information content (AvgIpc) is 2.90. The van der Waals surface area contributed by atoms with E-state index >= 15 is 0 Å². The highest BCUT2D eigenvalue weighted by Gasteiger charge is 2.09. The van der Waals surface area contributed by atoms with Crippen molar-refractivity contribution in [1.82, 2.24) is 20.8 Å². The summed E-state index contributed by atoms with van der Waals surface area (Å²) in [5.74, 6) is -0.230. The molecule has 110 valence electrons. The Balaban J connectivity index is 1.68. The van der Waals surface area contributed by atoms with Crippen molar-refractivity contribution < 1.29 is 9.59 Å². The van der Waals surface area contributed by atoms with Gasteiger partial charge in [-0.1, -0.05) is 53.4 Å². The lowest BCUT2D eigenvalue weighted by atomic mass is 10.2. The monoisotopic (exact) mass is 322 g/mol. The number of benzene rings is 1. The van der Waals surface area contributed by atoms with E-state index in [1.807, 2.05) is 37.3 Å². The zero-order chi connectivity index (χ0) is 15.1. The van der Waals surface area contributed by atoms with Crippen molar-refractivity contribution in [2.24, 2.45) is 0 Å². The predicted molar refractivity (Wildman–Crippen MR) is 82.2 cm³/mol. The van der Waals surface area contributed by atoms with Gasteiger partial charge in [-0.05, 0) is 12.5 Å². The molecular weight excluding hydrogens is 308 g/mol. The molecule has 1 heterocycles. The summed E-state index contributed by atoms with van der Waals surface area (Å²) >= 11 is 2.68. The third-order valence-electron chi connectivity index (χ3n) is 2.38. The molecule has 0 radical (unpaired) electrons. The molecule has 0 aliphatic carbocycles. The van der Waals surface area contributed by atoms with Crippen LogP contribution in [0.25, 0.3) is 0 Å². The third kappa shape index (κ3) is 5.52. The molecule has 6 nitrogen and oxygen atoms in total. The van der Waals surface area contributed by atoms with Gasteiger partial charge in [-0.25, -0.2) is 4.79 Å². The third-order valence-corrected chi connectivity index (χ3v) is 4.36. The maximum absolute atomic E-state index is 11.6. The van der Waals surface area contributed by atoms with Crippen molar-refractivity contribution >= 4 is 35.0 Å². The van der Waals surface area contributed by atoms with E-state index in [-0.39, 0.29) is 11.7 Å². The molecule has 1 aromatic carbocycles. The molecule has 0 fully saturated rings. The van der Waals surface area contributed by atoms with Gasteiger partial charge in [0.25, 0.3) is 0 Å². The lowest BCUT2D eigenvalue weighted by Gasteiger charge is -2.06. The van der Waals surface area contributed by atoms with Gasteiger partial charge in [-0.15, -0.1) is 10.2 Å². The van der Waals surface area contributed by atoms with Crippen LogP contribution in [0.15, 0.2) is 34.7 Å². The first-order valence-corrected chi connectivity index (χ1v) is 7.98. The largest absolute Gasteiger partial charge is 0.334 e. The number of amides is 3. The predicted octanol–water partition coefficient (Wildman–Crippen LogP) is 1.96. The van der Waals surface area contributed by atoms with Crippen LogP contribution >= 0.6 is 23.1 Å². The van der Waals surface area contributed by atoms with Crippen LogP contribution in [0, 0.1) is 6.92 Å². The average molecular weight is 322 g/mol. The minimum Gasteiger partial charge on any atom is -0.334 e. The fourth-order valence-corrected chi connectivity index (χ4v) is 3.06. The Morgan fingerprint density at radius 2 is 2.00 bits per heavy atom. The number of rotatable bonds is 5. The summed E-state index contributed by atoms with van der Waals surface area (Å²) in [6, 6.07) is 8.98. The second-order valence-electron chi connectivity index (χ2n) is 4.09. The Morgan fingerprint density at radius 1 is 1.24 bits per heavy atom. The summed E-state index contributed by atoms with van der Waals surface area (Å²) in [7, 11) is 0. The molecule has 21 heavy (non-hydrogen) atoms. The van der Waals surface area contributed by atoms with Crippen molar-refractivity contribution in [3.8, 4) is 0 Å². The Hall–Kier alpha value is -1.93. The summed E-state index contributed by atoms with van der Waals surface area (Å²) < 4.78 is 0.715. The summed E-state index contributed by atoms with van der Waals surface area (Å²) in [4.78, 5) is 23.2. The van der Waals surface area contributed by atoms with Crippen molar-refractivity contribution in [3.05, 3.63) is 40.9 Å². The number of hydrogen-bond acceptors (Lipinski definition) is 6. The molecule has 2 aromatic rings. The van der Waals surface area contributed by atoms with Crippen LogP contribution < -0.4 is 10.6 Å². The van der Waals surface area contributed by atoms with E-state index in [1.54, 1.807) is 0 Å². The number of carbonyl (C=O) groups is 2. The van der Waals surface area contributed by atoms with E-state index in [4.69, 9.17) is 0 Å². The molecular formula is C13H14N4O2S2. The van der Waals surface area contributed by atoms with Crippen LogP contribution in [0.3, 0.4) is 0 Å². The van der Waals surface area contributed by atoms with Gasteiger partial charge in [-0.2, -0.15) is 0 Å². The highest BCUT2D eigenvalue weighted by Crippen LogP contribution is 2.21. The maximum atomic E-state index is 11.6. The standard InChI is InChI=1S/C13H14N4O2S2/c1-9-16-17-13(21-9)20-8-11(18)15-12(19)14-7-10-5-3-2-4-6-10/h2-6H,7-8H2,1H3,(H2,14,15,18,19). The SMILES string of the molecule is Cc1nnc(SCC(=O)NC(=O)NCc2ccccc2)s1. The van der Waals surface area contributed by atoms with E-state index < -0.39 is 6.03 Å². The van der Waals surface area contributed by atoms with Crippen LogP contribution in [-0.2, 0) is 11.3 Å². The normalized spacial score (nSPS) is 10.1. The van der Waals surface area contributed by atoms with Crippen molar-refractivity contribution in [2.45, 2.75) is 17.8 Å². The summed E-state index contributed by atoms with van der Waals surface area (Å²) in [5, 5.41) is 13.5. The molecule has 0 bridgehead atoms. The number of aromatic nitrogens is 2. The van der Waals surface area contributed by atoms with Gasteiger partial charge in [0.1, 0.15) is 5.01 Å². The molecule has 0 aliphatic rings. The van der Waals surface area contributed by atoms with E-state index in [2.05, 4.69) is 20.8 Å². The number of aryl methyl sites for hydroxylation is 1. The molecule has 8 heteroatoms. The number of nitrogens with one attached hydrogen (secondary N) is 2. The number of carbonyl (C=O) groups excluding carboxylic acids is 2. The zero-order valence-corrected chi connectivity index (χ0v) is 13.0. The molecule has 3 amide bonds. The number of thioether (sulfide) groups is 1. The Bertz CT molecular complexity index is 616. The summed E-state index contributed by atoms with van der Waals surface area (Å²) in [6.07, 6.45) is 0. The van der Waals surface area contributed by atoms with Crippen LogP contribution in [0.4, 0.5) is 4.79 Å². The minimum atomic E-state index is -0.502. The minimum absolute atomic E-state index is 0.132. The molecule has 0 atom stereocenters. The molecule has 0 spiro atoms. The van der Waals surface area contributed by atoms with Crippen LogP contribution in [0.1, 0.15) is 10.6 Å². The van der Waals surface area contributed by atoms with E-state index in [1.165, 1.54) is 23.1 Å². The summed E-state index contributed by atoms with van der Waals surface area (Å²) in [6.45, 7) is 2.22. The fraction of sp³-hybridized carbons (Fsp3) is 0.231. The van der Waals surface area contributed by atoms with Gasteiger partial charge in [-0.3, -0.25) is 10.1 Å². The quantitative estimate of drug-likeness (QED) is 0.822. The van der Waals surface area contributed by atoms with Gasteiger partial charge in [0.2, 0.25) is 5.91 Å². The van der Waals surface area contributed by atoms with Gasteiger partial charge in [0, 0.05) is 6.54 Å². The zero-order valence-electron chi connectivity index (χ0n) is 11.3. The molecule has 2 rings (SSSR count). The molecule has 0 saturated carbocycles. The first kappa shape index (κ1) is 15.5. The van der Waals surface area contributed by atoms with Crippen molar-refractivity contribution in [1.29, 1.82) is 0 Å². The van der Waals surface area contributed by atoms with Crippen LogP contribution in [0.5, 0.6) is 0 Å². The second kappa shape index (κ2) is 7.75. The topological polar surface area (TPSA) is 84.0 Å². The molecule has 0 unspecified atom stereocenters. The number of hydrogen-bond donors (Lipinski definition) is 2. The molecule has 1 aromatic heterocycles. The summed E-state index contributed by atoms with van der Waals surface area (Å²) in [5.41, 5.74) is 0.971. The second-order valence-corrected chi connectivity index (χ2v) is 6.50. The molecule has 0 saturated heterocycles. The van der Waals surface area contributed by atoms with Crippen molar-refractivity contribution in [2.75, 3.05) is 5.75 Å².